The van der Waals surface area contributed by atoms with Crippen molar-refractivity contribution in [2.24, 2.45) is 5.92 Å². The molecule has 0 atom stereocenters. The van der Waals surface area contributed by atoms with Gasteiger partial charge in [0.1, 0.15) is 0 Å². The van der Waals surface area contributed by atoms with Crippen LogP contribution in [-0.4, -0.2) is 29.6 Å². The number of rotatable bonds is 6. The van der Waals surface area contributed by atoms with E-state index in [1.54, 1.807) is 0 Å². The smallest absolute Gasteiger partial charge is 0.225 e. The average molecular weight is 290 g/mol. The van der Waals surface area contributed by atoms with E-state index in [1.807, 2.05) is 6.20 Å². The maximum absolute atomic E-state index is 4.72. The van der Waals surface area contributed by atoms with E-state index in [9.17, 15) is 0 Å². The van der Waals surface area contributed by atoms with Crippen LogP contribution in [0.4, 0.5) is 5.95 Å². The first-order chi connectivity index (χ1) is 10.2. The summed E-state index contributed by atoms with van der Waals surface area (Å²) in [6.45, 7) is 8.34. The molecule has 0 spiro atoms. The van der Waals surface area contributed by atoms with Gasteiger partial charge in [0.2, 0.25) is 5.95 Å². The molecule has 4 nitrogen and oxygen atoms in total. The molecule has 21 heavy (non-hydrogen) atoms. The highest BCUT2D eigenvalue weighted by Gasteiger charge is 2.24. The normalized spacial score (nSPS) is 22.3. The minimum Gasteiger partial charge on any atom is -0.341 e. The number of hydrogen-bond acceptors (Lipinski definition) is 4. The van der Waals surface area contributed by atoms with E-state index < -0.39 is 0 Å². The Hall–Kier alpha value is -1.16. The van der Waals surface area contributed by atoms with Crippen LogP contribution in [0.25, 0.3) is 0 Å². The Morgan fingerprint density at radius 3 is 2.52 bits per heavy atom. The maximum atomic E-state index is 4.72. The third-order valence-electron chi connectivity index (χ3n) is 4.89. The van der Waals surface area contributed by atoms with Crippen LogP contribution in [0.5, 0.6) is 0 Å². The van der Waals surface area contributed by atoms with Crippen molar-refractivity contribution in [2.45, 2.75) is 65.5 Å². The molecule has 1 aromatic heterocycles. The van der Waals surface area contributed by atoms with Gasteiger partial charge in [0, 0.05) is 37.1 Å². The summed E-state index contributed by atoms with van der Waals surface area (Å²) < 4.78 is 0. The predicted octanol–water partition coefficient (Wildman–Crippen LogP) is 3.30. The molecule has 2 rings (SSSR count). The molecule has 0 bridgehead atoms. The Balaban J connectivity index is 1.99. The summed E-state index contributed by atoms with van der Waals surface area (Å²) in [5, 5.41) is 3.34. The molecule has 1 aliphatic carbocycles. The third-order valence-corrected chi connectivity index (χ3v) is 4.89. The number of nitrogens with zero attached hydrogens (tertiary/aromatic N) is 3. The Kier molecular flexibility index (Phi) is 5.97. The highest BCUT2D eigenvalue weighted by atomic mass is 15.3. The monoisotopic (exact) mass is 290 g/mol. The third kappa shape index (κ3) is 4.16. The second kappa shape index (κ2) is 7.74. The number of anilines is 1. The van der Waals surface area contributed by atoms with Gasteiger partial charge in [-0.1, -0.05) is 20.3 Å². The standard InChI is InChI=1S/C17H30N4/c1-5-14-7-9-16(10-8-14)21(4)17-19-12-15(11-18-6-2)13(3)20-17/h12,14,16,18H,5-11H2,1-4H3. The lowest BCUT2D eigenvalue weighted by atomic mass is 9.84. The number of aromatic nitrogens is 2. The topological polar surface area (TPSA) is 41.1 Å². The minimum atomic E-state index is 0.604. The SMILES string of the molecule is CCNCc1cnc(N(C)C2CCC(CC)CC2)nc1C. The molecule has 1 aliphatic rings. The minimum absolute atomic E-state index is 0.604. The summed E-state index contributed by atoms with van der Waals surface area (Å²) in [7, 11) is 2.15. The zero-order chi connectivity index (χ0) is 15.2. The lowest BCUT2D eigenvalue weighted by Gasteiger charge is -2.34. The van der Waals surface area contributed by atoms with Gasteiger partial charge in [-0.2, -0.15) is 0 Å². The van der Waals surface area contributed by atoms with Crippen LogP contribution in [-0.2, 0) is 6.54 Å². The van der Waals surface area contributed by atoms with Crippen molar-refractivity contribution in [3.63, 3.8) is 0 Å². The van der Waals surface area contributed by atoms with Gasteiger partial charge in [-0.3, -0.25) is 0 Å². The summed E-state index contributed by atoms with van der Waals surface area (Å²) in [4.78, 5) is 11.6. The Morgan fingerprint density at radius 2 is 1.95 bits per heavy atom. The second-order valence-corrected chi connectivity index (χ2v) is 6.25. The summed E-state index contributed by atoms with van der Waals surface area (Å²) >= 11 is 0. The van der Waals surface area contributed by atoms with E-state index in [4.69, 9.17) is 4.98 Å². The van der Waals surface area contributed by atoms with E-state index in [0.717, 1.165) is 30.6 Å². The average Bonchev–Trinajstić information content (AvgIpc) is 2.53. The fraction of sp³-hybridized carbons (Fsp3) is 0.765. The molecule has 0 aromatic carbocycles. The zero-order valence-electron chi connectivity index (χ0n) is 14.0. The molecule has 118 valence electrons. The van der Waals surface area contributed by atoms with Crippen molar-refractivity contribution in [2.75, 3.05) is 18.5 Å². The molecule has 1 heterocycles. The van der Waals surface area contributed by atoms with Gasteiger partial charge in [-0.25, -0.2) is 9.97 Å². The largest absolute Gasteiger partial charge is 0.341 e. The number of hydrogen-bond donors (Lipinski definition) is 1. The second-order valence-electron chi connectivity index (χ2n) is 6.25. The van der Waals surface area contributed by atoms with Crippen LogP contribution >= 0.6 is 0 Å². The lowest BCUT2D eigenvalue weighted by molar-refractivity contribution is 0.312. The van der Waals surface area contributed by atoms with Gasteiger partial charge in [-0.15, -0.1) is 0 Å². The zero-order valence-corrected chi connectivity index (χ0v) is 14.0. The van der Waals surface area contributed by atoms with Crippen LogP contribution in [0.15, 0.2) is 6.20 Å². The Labute approximate surface area is 129 Å². The van der Waals surface area contributed by atoms with Crippen LogP contribution < -0.4 is 10.2 Å². The van der Waals surface area contributed by atoms with Gasteiger partial charge >= 0.3 is 0 Å². The highest BCUT2D eigenvalue weighted by molar-refractivity contribution is 5.33. The molecule has 1 fully saturated rings. The number of nitrogens with one attached hydrogen (secondary N) is 1. The fourth-order valence-electron chi connectivity index (χ4n) is 3.19. The molecule has 1 saturated carbocycles. The lowest BCUT2D eigenvalue weighted by Crippen LogP contribution is -2.36. The predicted molar refractivity (Wildman–Crippen MR) is 88.6 cm³/mol. The molecule has 4 heteroatoms. The van der Waals surface area contributed by atoms with Gasteiger partial charge < -0.3 is 10.2 Å². The molecule has 1 N–H and O–H groups in total. The van der Waals surface area contributed by atoms with Crippen molar-refractivity contribution in [1.82, 2.24) is 15.3 Å². The first-order valence-corrected chi connectivity index (χ1v) is 8.41. The fourth-order valence-corrected chi connectivity index (χ4v) is 3.19. The molecule has 0 aliphatic heterocycles. The maximum Gasteiger partial charge on any atom is 0.225 e. The summed E-state index contributed by atoms with van der Waals surface area (Å²) in [6.07, 6.45) is 8.55. The van der Waals surface area contributed by atoms with E-state index in [1.165, 1.54) is 37.7 Å². The molecule has 0 amide bonds. The summed E-state index contributed by atoms with van der Waals surface area (Å²) in [5.74, 6) is 1.81. The van der Waals surface area contributed by atoms with Crippen molar-refractivity contribution in [3.8, 4) is 0 Å². The molecular weight excluding hydrogens is 260 g/mol. The Morgan fingerprint density at radius 1 is 1.24 bits per heavy atom. The van der Waals surface area contributed by atoms with Crippen molar-refractivity contribution in [3.05, 3.63) is 17.5 Å². The van der Waals surface area contributed by atoms with Gasteiger partial charge in [0.25, 0.3) is 0 Å². The number of aryl methyl sites for hydroxylation is 1. The molecule has 0 radical (unpaired) electrons. The summed E-state index contributed by atoms with van der Waals surface area (Å²) in [5.41, 5.74) is 2.29. The first-order valence-electron chi connectivity index (χ1n) is 8.41. The van der Waals surface area contributed by atoms with Crippen molar-refractivity contribution in [1.29, 1.82) is 0 Å². The van der Waals surface area contributed by atoms with Gasteiger partial charge in [0.15, 0.2) is 0 Å². The van der Waals surface area contributed by atoms with Crippen LogP contribution in [0.1, 0.15) is 57.2 Å². The molecule has 1 aromatic rings. The van der Waals surface area contributed by atoms with E-state index in [-0.39, 0.29) is 0 Å². The summed E-state index contributed by atoms with van der Waals surface area (Å²) in [6, 6.07) is 0.604. The van der Waals surface area contributed by atoms with Crippen LogP contribution in [0.3, 0.4) is 0 Å². The van der Waals surface area contributed by atoms with Gasteiger partial charge in [-0.05, 0) is 45.1 Å². The highest BCUT2D eigenvalue weighted by Crippen LogP contribution is 2.30. The van der Waals surface area contributed by atoms with Crippen molar-refractivity contribution < 1.29 is 0 Å². The van der Waals surface area contributed by atoms with Crippen LogP contribution in [0.2, 0.25) is 0 Å². The molecule has 0 unspecified atom stereocenters. The van der Waals surface area contributed by atoms with E-state index in [2.05, 4.69) is 43.0 Å². The van der Waals surface area contributed by atoms with E-state index in [0.29, 0.717) is 6.04 Å². The van der Waals surface area contributed by atoms with Crippen LogP contribution in [0, 0.1) is 12.8 Å². The quantitative estimate of drug-likeness (QED) is 0.873. The molecular formula is C17H30N4. The van der Waals surface area contributed by atoms with Crippen molar-refractivity contribution >= 4 is 5.95 Å². The van der Waals surface area contributed by atoms with Gasteiger partial charge in [0.05, 0.1) is 0 Å². The Bertz CT molecular complexity index is 438. The molecule has 0 saturated heterocycles. The van der Waals surface area contributed by atoms with E-state index >= 15 is 0 Å². The first kappa shape index (κ1) is 16.2.